The van der Waals surface area contributed by atoms with Crippen LogP contribution in [-0.4, -0.2) is 31.2 Å². The number of allylic oxidation sites excluding steroid dienone is 1. The molecule has 0 saturated carbocycles. The van der Waals surface area contributed by atoms with Gasteiger partial charge in [0.2, 0.25) is 0 Å². The molecular weight excluding hydrogens is 141 g/mol. The number of alkyl halides is 1. The largest absolute Gasteiger partial charge is 0.301 e. The standard InChI is InChI=1S/C9H18FN/c1-4-5-6-9(2)11(3)8-7-10/h4-5,9H,6-8H2,1-3H3/b5-4-/t9-/m1/s1. The minimum atomic E-state index is -0.253. The van der Waals surface area contributed by atoms with Gasteiger partial charge in [-0.2, -0.15) is 0 Å². The lowest BCUT2D eigenvalue weighted by Crippen LogP contribution is -2.30. The molecule has 11 heavy (non-hydrogen) atoms. The van der Waals surface area contributed by atoms with Crippen molar-refractivity contribution >= 4 is 0 Å². The summed E-state index contributed by atoms with van der Waals surface area (Å²) in [6.07, 6.45) is 5.15. The van der Waals surface area contributed by atoms with E-state index in [1.54, 1.807) is 0 Å². The zero-order valence-corrected chi connectivity index (χ0v) is 7.68. The SMILES string of the molecule is C/C=C\C[C@@H](C)N(C)CCF. The fourth-order valence-electron chi connectivity index (χ4n) is 0.867. The zero-order chi connectivity index (χ0) is 8.69. The van der Waals surface area contributed by atoms with Gasteiger partial charge in [0.25, 0.3) is 0 Å². The van der Waals surface area contributed by atoms with E-state index in [2.05, 4.69) is 13.0 Å². The van der Waals surface area contributed by atoms with Crippen LogP contribution in [0, 0.1) is 0 Å². The lowest BCUT2D eigenvalue weighted by molar-refractivity contribution is 0.236. The third kappa shape index (κ3) is 4.96. The summed E-state index contributed by atoms with van der Waals surface area (Å²) in [4.78, 5) is 2.03. The molecule has 0 rings (SSSR count). The van der Waals surface area contributed by atoms with Crippen molar-refractivity contribution in [1.82, 2.24) is 4.90 Å². The third-order valence-electron chi connectivity index (χ3n) is 1.90. The molecule has 0 aliphatic carbocycles. The van der Waals surface area contributed by atoms with Crippen molar-refractivity contribution in [1.29, 1.82) is 0 Å². The van der Waals surface area contributed by atoms with Gasteiger partial charge in [0.1, 0.15) is 6.67 Å². The van der Waals surface area contributed by atoms with Gasteiger partial charge < -0.3 is 4.90 Å². The number of rotatable bonds is 5. The van der Waals surface area contributed by atoms with E-state index < -0.39 is 0 Å². The number of hydrogen-bond donors (Lipinski definition) is 0. The summed E-state index contributed by atoms with van der Waals surface area (Å²) in [6, 6.07) is 0.446. The molecule has 0 unspecified atom stereocenters. The van der Waals surface area contributed by atoms with E-state index in [1.165, 1.54) is 0 Å². The van der Waals surface area contributed by atoms with Crippen LogP contribution in [0.4, 0.5) is 4.39 Å². The quantitative estimate of drug-likeness (QED) is 0.556. The summed E-state index contributed by atoms with van der Waals surface area (Å²) < 4.78 is 11.9. The van der Waals surface area contributed by atoms with Crippen LogP contribution in [0.25, 0.3) is 0 Å². The fraction of sp³-hybridized carbons (Fsp3) is 0.778. The lowest BCUT2D eigenvalue weighted by Gasteiger charge is -2.21. The molecule has 0 spiro atoms. The highest BCUT2D eigenvalue weighted by Gasteiger charge is 2.05. The van der Waals surface area contributed by atoms with Gasteiger partial charge in [-0.25, -0.2) is 4.39 Å². The first-order chi connectivity index (χ1) is 5.22. The molecule has 0 heterocycles. The summed E-state index contributed by atoms with van der Waals surface area (Å²) in [5, 5.41) is 0. The number of nitrogens with zero attached hydrogens (tertiary/aromatic N) is 1. The molecule has 1 nitrogen and oxygen atoms in total. The fourth-order valence-corrected chi connectivity index (χ4v) is 0.867. The van der Waals surface area contributed by atoms with Gasteiger partial charge in [-0.05, 0) is 27.3 Å². The second-order valence-electron chi connectivity index (χ2n) is 2.82. The Kier molecular flexibility index (Phi) is 6.13. The molecule has 0 radical (unpaired) electrons. The van der Waals surface area contributed by atoms with Gasteiger partial charge in [-0.3, -0.25) is 0 Å². The smallest absolute Gasteiger partial charge is 0.102 e. The first-order valence-corrected chi connectivity index (χ1v) is 4.09. The first kappa shape index (κ1) is 10.6. The summed E-state index contributed by atoms with van der Waals surface area (Å²) >= 11 is 0. The van der Waals surface area contributed by atoms with Gasteiger partial charge >= 0.3 is 0 Å². The number of halogens is 1. The van der Waals surface area contributed by atoms with Crippen LogP contribution < -0.4 is 0 Å². The van der Waals surface area contributed by atoms with E-state index in [9.17, 15) is 4.39 Å². The predicted octanol–water partition coefficient (Wildman–Crippen LogP) is 2.24. The number of hydrogen-bond acceptors (Lipinski definition) is 1. The van der Waals surface area contributed by atoms with Gasteiger partial charge in [0.15, 0.2) is 0 Å². The normalized spacial score (nSPS) is 14.6. The summed E-state index contributed by atoms with van der Waals surface area (Å²) in [5.74, 6) is 0. The predicted molar refractivity (Wildman–Crippen MR) is 47.5 cm³/mol. The van der Waals surface area contributed by atoms with E-state index in [0.29, 0.717) is 12.6 Å². The minimum Gasteiger partial charge on any atom is -0.301 e. The highest BCUT2D eigenvalue weighted by Crippen LogP contribution is 2.01. The zero-order valence-electron chi connectivity index (χ0n) is 7.68. The monoisotopic (exact) mass is 159 g/mol. The van der Waals surface area contributed by atoms with Crippen molar-refractivity contribution in [3.8, 4) is 0 Å². The lowest BCUT2D eigenvalue weighted by atomic mass is 10.2. The van der Waals surface area contributed by atoms with Crippen molar-refractivity contribution in [2.24, 2.45) is 0 Å². The highest BCUT2D eigenvalue weighted by atomic mass is 19.1. The Morgan fingerprint density at radius 3 is 2.64 bits per heavy atom. The topological polar surface area (TPSA) is 3.24 Å². The molecule has 0 aliphatic heterocycles. The molecule has 0 N–H and O–H groups in total. The average molecular weight is 159 g/mol. The van der Waals surface area contributed by atoms with E-state index in [0.717, 1.165) is 6.42 Å². The van der Waals surface area contributed by atoms with Crippen molar-refractivity contribution in [2.75, 3.05) is 20.3 Å². The first-order valence-electron chi connectivity index (χ1n) is 4.09. The molecule has 0 fully saturated rings. The molecule has 0 aromatic heterocycles. The summed E-state index contributed by atoms with van der Waals surface area (Å²) in [7, 11) is 1.95. The Morgan fingerprint density at radius 1 is 1.55 bits per heavy atom. The van der Waals surface area contributed by atoms with Crippen LogP contribution in [0.2, 0.25) is 0 Å². The Bertz CT molecular complexity index is 112. The van der Waals surface area contributed by atoms with Crippen LogP contribution in [0.5, 0.6) is 0 Å². The Balaban J connectivity index is 3.54. The molecule has 0 aromatic rings. The second kappa shape index (κ2) is 6.35. The van der Waals surface area contributed by atoms with Gasteiger partial charge in [0.05, 0.1) is 0 Å². The second-order valence-corrected chi connectivity index (χ2v) is 2.82. The molecule has 1 atom stereocenters. The van der Waals surface area contributed by atoms with E-state index in [-0.39, 0.29) is 6.67 Å². The van der Waals surface area contributed by atoms with Gasteiger partial charge in [0, 0.05) is 12.6 Å². The van der Waals surface area contributed by atoms with Crippen LogP contribution >= 0.6 is 0 Å². The van der Waals surface area contributed by atoms with Crippen molar-refractivity contribution in [3.05, 3.63) is 12.2 Å². The molecule has 66 valence electrons. The molecule has 0 amide bonds. The molecule has 0 aliphatic rings. The molecule has 2 heteroatoms. The van der Waals surface area contributed by atoms with Crippen LogP contribution in [0.15, 0.2) is 12.2 Å². The molecule has 0 aromatic carbocycles. The van der Waals surface area contributed by atoms with Crippen LogP contribution in [0.1, 0.15) is 20.3 Å². The molecule has 0 saturated heterocycles. The molecular formula is C9H18FN. The Labute approximate surface area is 68.9 Å². The van der Waals surface area contributed by atoms with E-state index in [4.69, 9.17) is 0 Å². The maximum absolute atomic E-state index is 11.9. The molecule has 0 bridgehead atoms. The van der Waals surface area contributed by atoms with Crippen molar-refractivity contribution in [3.63, 3.8) is 0 Å². The summed E-state index contributed by atoms with van der Waals surface area (Å²) in [5.41, 5.74) is 0. The van der Waals surface area contributed by atoms with Crippen molar-refractivity contribution < 1.29 is 4.39 Å². The van der Waals surface area contributed by atoms with Gasteiger partial charge in [-0.1, -0.05) is 12.2 Å². The maximum Gasteiger partial charge on any atom is 0.102 e. The maximum atomic E-state index is 11.9. The van der Waals surface area contributed by atoms with Crippen molar-refractivity contribution in [2.45, 2.75) is 26.3 Å². The van der Waals surface area contributed by atoms with Crippen LogP contribution in [-0.2, 0) is 0 Å². The third-order valence-corrected chi connectivity index (χ3v) is 1.90. The average Bonchev–Trinajstić information content (AvgIpc) is 2.00. The summed E-state index contributed by atoms with van der Waals surface area (Å²) in [6.45, 7) is 4.40. The Hall–Kier alpha value is -0.370. The van der Waals surface area contributed by atoms with E-state index >= 15 is 0 Å². The Morgan fingerprint density at radius 2 is 2.18 bits per heavy atom. The highest BCUT2D eigenvalue weighted by molar-refractivity contribution is 4.81. The van der Waals surface area contributed by atoms with E-state index in [1.807, 2.05) is 24.9 Å². The minimum absolute atomic E-state index is 0.253. The van der Waals surface area contributed by atoms with Gasteiger partial charge in [-0.15, -0.1) is 0 Å². The van der Waals surface area contributed by atoms with Crippen LogP contribution in [0.3, 0.4) is 0 Å².